The number of rotatable bonds is 7. The number of pyridine rings is 2. The number of halogens is 1. The quantitative estimate of drug-likeness (QED) is 0.118. The molecule has 0 amide bonds. The van der Waals surface area contributed by atoms with E-state index in [1.807, 2.05) is 36.5 Å². The standard InChI is InChI=1S/C28H23FNS.C17H22NSi.Ir/c1-17(2)18(3)19-12-13-30-26(15-19)25-9-5-8-24-23-11-10-21(16-27(23)31-28(24)25)20-6-4-7-22(29)14-20;1-13(2)15-11-16(14-9-7-6-8-10-14)18-12-17(15)19(3,4)5;/h4-8,10-18H,1-3H3;6-9,11-13H,1-5H3;/q2*-1;. The number of aromatic nitrogens is 2. The fourth-order valence-corrected chi connectivity index (χ4v) is 9.23. The summed E-state index contributed by atoms with van der Waals surface area (Å²) in [5, 5.41) is 3.90. The van der Waals surface area contributed by atoms with Crippen LogP contribution in [-0.4, -0.2) is 18.0 Å². The van der Waals surface area contributed by atoms with Crippen molar-refractivity contribution in [2.45, 2.75) is 66.1 Å². The molecule has 0 spiro atoms. The molecule has 0 bridgehead atoms. The number of hydrogen-bond donors (Lipinski definition) is 0. The SMILES string of the molecule is CC(C)C(C)c1ccnc(-c2[c-]ccc3c2sc2cc(-c4cccc(F)c4)ccc23)c1.CC(C)c1cc(-c2[c-]cccc2)ncc1[Si](C)(C)C.[Ir]. The molecule has 3 heterocycles. The van der Waals surface area contributed by atoms with Gasteiger partial charge >= 0.3 is 0 Å². The summed E-state index contributed by atoms with van der Waals surface area (Å²) < 4.78 is 16.1. The predicted molar refractivity (Wildman–Crippen MR) is 216 cm³/mol. The Kier molecular flexibility index (Phi) is 12.2. The molecule has 0 aliphatic carbocycles. The Morgan fingerprint density at radius 2 is 1.51 bits per heavy atom. The first-order valence-corrected chi connectivity index (χ1v) is 21.8. The molecule has 3 aromatic heterocycles. The summed E-state index contributed by atoms with van der Waals surface area (Å²) in [5.74, 6) is 1.36. The Labute approximate surface area is 321 Å². The number of nitrogens with zero attached hydrogens (tertiary/aromatic N) is 2. The molecule has 51 heavy (non-hydrogen) atoms. The van der Waals surface area contributed by atoms with E-state index < -0.39 is 8.07 Å². The van der Waals surface area contributed by atoms with Gasteiger partial charge in [0, 0.05) is 37.2 Å². The molecule has 0 aliphatic heterocycles. The minimum absolute atomic E-state index is 0. The average Bonchev–Trinajstić information content (AvgIpc) is 3.49. The third kappa shape index (κ3) is 8.64. The topological polar surface area (TPSA) is 25.8 Å². The van der Waals surface area contributed by atoms with Crippen LogP contribution in [-0.2, 0) is 20.1 Å². The fourth-order valence-electron chi connectivity index (χ4n) is 6.31. The van der Waals surface area contributed by atoms with Crippen molar-refractivity contribution < 1.29 is 24.5 Å². The van der Waals surface area contributed by atoms with E-state index in [4.69, 9.17) is 0 Å². The van der Waals surface area contributed by atoms with E-state index in [-0.39, 0.29) is 25.9 Å². The maximum Gasteiger partial charge on any atom is 0.123 e. The second-order valence-corrected chi connectivity index (χ2v) is 20.9. The van der Waals surface area contributed by atoms with Crippen molar-refractivity contribution in [1.82, 2.24) is 9.97 Å². The number of fused-ring (bicyclic) bond motifs is 3. The molecule has 4 aromatic carbocycles. The Balaban J connectivity index is 0.000000218. The van der Waals surface area contributed by atoms with Gasteiger partial charge in [0.2, 0.25) is 0 Å². The first kappa shape index (κ1) is 38.4. The van der Waals surface area contributed by atoms with E-state index in [1.54, 1.807) is 23.5 Å². The van der Waals surface area contributed by atoms with Gasteiger partial charge in [-0.3, -0.25) is 0 Å². The summed E-state index contributed by atoms with van der Waals surface area (Å²) in [7, 11) is -1.34. The van der Waals surface area contributed by atoms with Crippen molar-refractivity contribution in [3.8, 4) is 33.6 Å². The third-order valence-electron chi connectivity index (χ3n) is 9.51. The normalized spacial score (nSPS) is 12.1. The molecule has 0 N–H and O–H groups in total. The molecule has 0 aliphatic rings. The maximum atomic E-state index is 13.7. The zero-order valence-corrected chi connectivity index (χ0v) is 34.8. The zero-order valence-electron chi connectivity index (χ0n) is 30.6. The molecule has 7 aromatic rings. The molecule has 1 radical (unpaired) electrons. The maximum absolute atomic E-state index is 13.7. The van der Waals surface area contributed by atoms with E-state index in [1.165, 1.54) is 42.6 Å². The van der Waals surface area contributed by atoms with Crippen LogP contribution in [0.2, 0.25) is 19.6 Å². The van der Waals surface area contributed by atoms with Crippen LogP contribution in [0.15, 0.2) is 109 Å². The molecular formula is C45H45FIrN2SSi-2. The Morgan fingerprint density at radius 1 is 0.725 bits per heavy atom. The van der Waals surface area contributed by atoms with Crippen LogP contribution in [0.3, 0.4) is 0 Å². The second kappa shape index (κ2) is 16.3. The van der Waals surface area contributed by atoms with Crippen molar-refractivity contribution in [2.75, 3.05) is 0 Å². The second-order valence-electron chi connectivity index (χ2n) is 14.8. The molecule has 0 saturated heterocycles. The zero-order chi connectivity index (χ0) is 35.6. The smallest absolute Gasteiger partial charge is 0.123 e. The van der Waals surface area contributed by atoms with E-state index in [0.717, 1.165) is 33.6 Å². The molecule has 6 heteroatoms. The summed E-state index contributed by atoms with van der Waals surface area (Å²) in [6.45, 7) is 18.4. The summed E-state index contributed by atoms with van der Waals surface area (Å²) in [6, 6.07) is 38.6. The van der Waals surface area contributed by atoms with Crippen molar-refractivity contribution in [2.24, 2.45) is 5.92 Å². The van der Waals surface area contributed by atoms with Crippen LogP contribution < -0.4 is 5.19 Å². The van der Waals surface area contributed by atoms with Gasteiger partial charge in [0.05, 0.1) is 8.07 Å². The first-order valence-electron chi connectivity index (χ1n) is 17.5. The summed E-state index contributed by atoms with van der Waals surface area (Å²) in [6.07, 6.45) is 4.00. The molecule has 263 valence electrons. The average molecular weight is 885 g/mol. The minimum atomic E-state index is -1.34. The Bertz CT molecular complexity index is 2260. The van der Waals surface area contributed by atoms with E-state index in [2.05, 4.69) is 131 Å². The van der Waals surface area contributed by atoms with Gasteiger partial charge in [-0.05, 0) is 79.8 Å². The number of thiophene rings is 1. The van der Waals surface area contributed by atoms with Gasteiger partial charge in [0.15, 0.2) is 0 Å². The van der Waals surface area contributed by atoms with Crippen molar-refractivity contribution in [3.63, 3.8) is 0 Å². The molecule has 0 fully saturated rings. The number of benzene rings is 4. The molecule has 0 saturated carbocycles. The Hall–Kier alpha value is -3.80. The number of hydrogen-bond acceptors (Lipinski definition) is 3. The predicted octanol–water partition coefficient (Wildman–Crippen LogP) is 12.7. The van der Waals surface area contributed by atoms with Crippen LogP contribution in [0.1, 0.15) is 57.6 Å². The van der Waals surface area contributed by atoms with E-state index in [9.17, 15) is 4.39 Å². The summed E-state index contributed by atoms with van der Waals surface area (Å²) >= 11 is 1.75. The van der Waals surface area contributed by atoms with Gasteiger partial charge in [0.1, 0.15) is 5.82 Å². The van der Waals surface area contributed by atoms with Crippen LogP contribution in [0.5, 0.6) is 0 Å². The van der Waals surface area contributed by atoms with Crippen molar-refractivity contribution >= 4 is 44.8 Å². The van der Waals surface area contributed by atoms with Crippen LogP contribution >= 0.6 is 11.3 Å². The monoisotopic (exact) mass is 885 g/mol. The molecule has 1 unspecified atom stereocenters. The van der Waals surface area contributed by atoms with Crippen LogP contribution in [0, 0.1) is 23.9 Å². The van der Waals surface area contributed by atoms with Gasteiger partial charge in [-0.2, -0.15) is 11.3 Å². The van der Waals surface area contributed by atoms with Crippen LogP contribution in [0.25, 0.3) is 53.8 Å². The Morgan fingerprint density at radius 3 is 2.20 bits per heavy atom. The van der Waals surface area contributed by atoms with Crippen LogP contribution in [0.4, 0.5) is 4.39 Å². The van der Waals surface area contributed by atoms with Gasteiger partial charge in [0.25, 0.3) is 0 Å². The third-order valence-corrected chi connectivity index (χ3v) is 12.7. The van der Waals surface area contributed by atoms with Crippen molar-refractivity contribution in [1.29, 1.82) is 0 Å². The van der Waals surface area contributed by atoms with Gasteiger partial charge in [-0.15, -0.1) is 59.7 Å². The largest absolute Gasteiger partial charge is 0.305 e. The van der Waals surface area contributed by atoms with Gasteiger partial charge in [-0.1, -0.05) is 107 Å². The van der Waals surface area contributed by atoms with E-state index in [0.29, 0.717) is 17.8 Å². The van der Waals surface area contributed by atoms with Crippen molar-refractivity contribution in [3.05, 3.63) is 139 Å². The summed E-state index contributed by atoms with van der Waals surface area (Å²) in [5.41, 5.74) is 8.79. The van der Waals surface area contributed by atoms with E-state index >= 15 is 0 Å². The molecule has 7 rings (SSSR count). The first-order chi connectivity index (χ1) is 23.9. The van der Waals surface area contributed by atoms with Gasteiger partial charge < -0.3 is 9.97 Å². The fraction of sp³-hybridized carbons (Fsp3) is 0.244. The molecule has 2 nitrogen and oxygen atoms in total. The summed E-state index contributed by atoms with van der Waals surface area (Å²) in [4.78, 5) is 9.34. The minimum Gasteiger partial charge on any atom is -0.305 e. The van der Waals surface area contributed by atoms with Gasteiger partial charge in [-0.25, -0.2) is 4.39 Å². The molecular weight excluding hydrogens is 840 g/mol. The molecule has 1 atom stereocenters.